The lowest BCUT2D eigenvalue weighted by molar-refractivity contribution is 0.102. The highest BCUT2D eigenvalue weighted by molar-refractivity contribution is 6.04. The van der Waals surface area contributed by atoms with Gasteiger partial charge in [-0.1, -0.05) is 30.3 Å². The van der Waals surface area contributed by atoms with Crippen LogP contribution in [0.2, 0.25) is 0 Å². The van der Waals surface area contributed by atoms with Crippen LogP contribution in [0.25, 0.3) is 22.9 Å². The Morgan fingerprint density at radius 3 is 2.24 bits per heavy atom. The number of nitrogens with one attached hydrogen (secondary N) is 1. The first-order valence-electron chi connectivity index (χ1n) is 9.40. The molecule has 3 aromatic carbocycles. The zero-order valence-electron chi connectivity index (χ0n) is 16.6. The predicted octanol–water partition coefficient (Wildman–Crippen LogP) is 5.58. The quantitative estimate of drug-likeness (QED) is 0.499. The summed E-state index contributed by atoms with van der Waals surface area (Å²) in [6, 6.07) is 20.9. The Hall–Kier alpha value is -3.73. The van der Waals surface area contributed by atoms with Crippen LogP contribution in [-0.2, 0) is 0 Å². The van der Waals surface area contributed by atoms with Crippen LogP contribution in [0.1, 0.15) is 27.0 Å². The van der Waals surface area contributed by atoms with Crippen LogP contribution in [0, 0.1) is 20.8 Å². The van der Waals surface area contributed by atoms with Gasteiger partial charge in [0.05, 0.1) is 0 Å². The van der Waals surface area contributed by atoms with Crippen LogP contribution >= 0.6 is 0 Å². The SMILES string of the molecule is Cc1ccccc1-c1nnc(-c2ccc(C(=O)Nc3cccc(C)c3C)cc2)o1. The Bertz CT molecular complexity index is 1180. The number of amides is 1. The van der Waals surface area contributed by atoms with Gasteiger partial charge in [0.2, 0.25) is 11.8 Å². The third-order valence-corrected chi connectivity index (χ3v) is 5.05. The van der Waals surface area contributed by atoms with Crippen molar-refractivity contribution in [3.05, 3.63) is 89.0 Å². The molecule has 0 aliphatic carbocycles. The fraction of sp³-hybridized carbons (Fsp3) is 0.125. The van der Waals surface area contributed by atoms with Crippen LogP contribution < -0.4 is 5.32 Å². The smallest absolute Gasteiger partial charge is 0.255 e. The topological polar surface area (TPSA) is 68.0 Å². The number of carbonyl (C=O) groups excluding carboxylic acids is 1. The number of carbonyl (C=O) groups is 1. The molecule has 5 heteroatoms. The van der Waals surface area contributed by atoms with E-state index in [1.165, 1.54) is 0 Å². The average molecular weight is 383 g/mol. The molecule has 0 aliphatic rings. The molecule has 0 radical (unpaired) electrons. The molecule has 1 heterocycles. The molecule has 144 valence electrons. The van der Waals surface area contributed by atoms with Gasteiger partial charge in [-0.2, -0.15) is 0 Å². The van der Waals surface area contributed by atoms with Gasteiger partial charge in [0.15, 0.2) is 0 Å². The molecule has 0 bridgehead atoms. The summed E-state index contributed by atoms with van der Waals surface area (Å²) >= 11 is 0. The summed E-state index contributed by atoms with van der Waals surface area (Å²) in [7, 11) is 0. The number of benzene rings is 3. The second-order valence-electron chi connectivity index (χ2n) is 7.01. The number of hydrogen-bond donors (Lipinski definition) is 1. The van der Waals surface area contributed by atoms with Crippen LogP contribution in [-0.4, -0.2) is 16.1 Å². The van der Waals surface area contributed by atoms with Gasteiger partial charge < -0.3 is 9.73 Å². The molecular formula is C24H21N3O2. The molecule has 0 atom stereocenters. The zero-order chi connectivity index (χ0) is 20.4. The average Bonchev–Trinajstić information content (AvgIpc) is 3.22. The van der Waals surface area contributed by atoms with Gasteiger partial charge in [0, 0.05) is 22.4 Å². The monoisotopic (exact) mass is 383 g/mol. The van der Waals surface area contributed by atoms with E-state index in [1.54, 1.807) is 12.1 Å². The van der Waals surface area contributed by atoms with E-state index >= 15 is 0 Å². The number of anilines is 1. The summed E-state index contributed by atoms with van der Waals surface area (Å²) in [4.78, 5) is 12.6. The largest absolute Gasteiger partial charge is 0.416 e. The normalized spacial score (nSPS) is 10.7. The minimum absolute atomic E-state index is 0.156. The molecule has 0 saturated heterocycles. The predicted molar refractivity (Wildman–Crippen MR) is 114 cm³/mol. The number of aromatic nitrogens is 2. The van der Waals surface area contributed by atoms with Crippen molar-refractivity contribution in [3.63, 3.8) is 0 Å². The summed E-state index contributed by atoms with van der Waals surface area (Å²) in [5, 5.41) is 11.3. The first-order chi connectivity index (χ1) is 14.0. The molecule has 29 heavy (non-hydrogen) atoms. The Labute approximate surface area is 169 Å². The fourth-order valence-electron chi connectivity index (χ4n) is 3.11. The minimum Gasteiger partial charge on any atom is -0.416 e. The number of hydrogen-bond acceptors (Lipinski definition) is 4. The molecule has 4 aromatic rings. The Morgan fingerprint density at radius 2 is 1.48 bits per heavy atom. The van der Waals surface area contributed by atoms with Crippen molar-refractivity contribution in [2.24, 2.45) is 0 Å². The van der Waals surface area contributed by atoms with E-state index in [2.05, 4.69) is 15.5 Å². The highest BCUT2D eigenvalue weighted by Gasteiger charge is 2.13. The molecular weight excluding hydrogens is 362 g/mol. The van der Waals surface area contributed by atoms with Crippen molar-refractivity contribution in [1.82, 2.24) is 10.2 Å². The standard InChI is InChI=1S/C24H21N3O2/c1-15-8-6-10-21(17(15)3)25-22(28)18-11-13-19(14-12-18)23-26-27-24(29-23)20-9-5-4-7-16(20)2/h4-14H,1-3H3,(H,25,28). The second-order valence-corrected chi connectivity index (χ2v) is 7.01. The second kappa shape index (κ2) is 7.72. The van der Waals surface area contributed by atoms with Crippen molar-refractivity contribution in [2.45, 2.75) is 20.8 Å². The first-order valence-corrected chi connectivity index (χ1v) is 9.40. The van der Waals surface area contributed by atoms with E-state index in [1.807, 2.05) is 75.4 Å². The van der Waals surface area contributed by atoms with Crippen LogP contribution in [0.3, 0.4) is 0 Å². The minimum atomic E-state index is -0.156. The molecule has 1 N–H and O–H groups in total. The van der Waals surface area contributed by atoms with Gasteiger partial charge in [0.25, 0.3) is 5.91 Å². The van der Waals surface area contributed by atoms with Crippen molar-refractivity contribution in [1.29, 1.82) is 0 Å². The van der Waals surface area contributed by atoms with Gasteiger partial charge in [-0.3, -0.25) is 4.79 Å². The van der Waals surface area contributed by atoms with Gasteiger partial charge in [0.1, 0.15) is 0 Å². The number of rotatable bonds is 4. The third-order valence-electron chi connectivity index (χ3n) is 5.05. The molecule has 1 amide bonds. The van der Waals surface area contributed by atoms with Gasteiger partial charge in [-0.15, -0.1) is 10.2 Å². The number of aryl methyl sites for hydroxylation is 2. The lowest BCUT2D eigenvalue weighted by Gasteiger charge is -2.10. The highest BCUT2D eigenvalue weighted by Crippen LogP contribution is 2.26. The van der Waals surface area contributed by atoms with Crippen LogP contribution in [0.5, 0.6) is 0 Å². The van der Waals surface area contributed by atoms with E-state index in [-0.39, 0.29) is 5.91 Å². The Morgan fingerprint density at radius 1 is 0.793 bits per heavy atom. The zero-order valence-corrected chi connectivity index (χ0v) is 16.6. The maximum absolute atomic E-state index is 12.6. The van der Waals surface area contributed by atoms with Crippen molar-refractivity contribution in [3.8, 4) is 22.9 Å². The molecule has 0 spiro atoms. The summed E-state index contributed by atoms with van der Waals surface area (Å²) in [5.41, 5.74) is 6.33. The van der Waals surface area contributed by atoms with E-state index in [0.29, 0.717) is 17.3 Å². The molecule has 1 aromatic heterocycles. The summed E-state index contributed by atoms with van der Waals surface area (Å²) in [6.45, 7) is 6.02. The van der Waals surface area contributed by atoms with Crippen molar-refractivity contribution < 1.29 is 9.21 Å². The van der Waals surface area contributed by atoms with E-state index < -0.39 is 0 Å². The third kappa shape index (κ3) is 3.80. The van der Waals surface area contributed by atoms with Gasteiger partial charge in [-0.05, 0) is 73.9 Å². The summed E-state index contributed by atoms with van der Waals surface area (Å²) < 4.78 is 5.84. The van der Waals surface area contributed by atoms with E-state index in [9.17, 15) is 4.79 Å². The highest BCUT2D eigenvalue weighted by atomic mass is 16.4. The van der Waals surface area contributed by atoms with E-state index in [0.717, 1.165) is 33.5 Å². The molecule has 4 rings (SSSR count). The lowest BCUT2D eigenvalue weighted by atomic mass is 10.1. The maximum atomic E-state index is 12.6. The van der Waals surface area contributed by atoms with Crippen LogP contribution in [0.4, 0.5) is 5.69 Å². The van der Waals surface area contributed by atoms with Crippen molar-refractivity contribution in [2.75, 3.05) is 5.32 Å². The summed E-state index contributed by atoms with van der Waals surface area (Å²) in [5.74, 6) is 0.746. The Balaban J connectivity index is 1.53. The van der Waals surface area contributed by atoms with Gasteiger partial charge >= 0.3 is 0 Å². The summed E-state index contributed by atoms with van der Waals surface area (Å²) in [6.07, 6.45) is 0. The van der Waals surface area contributed by atoms with E-state index in [4.69, 9.17) is 4.42 Å². The first kappa shape index (κ1) is 18.6. The molecule has 0 aliphatic heterocycles. The molecule has 0 saturated carbocycles. The van der Waals surface area contributed by atoms with Crippen LogP contribution in [0.15, 0.2) is 71.1 Å². The molecule has 0 unspecified atom stereocenters. The molecule has 0 fully saturated rings. The number of nitrogens with zero attached hydrogens (tertiary/aromatic N) is 2. The lowest BCUT2D eigenvalue weighted by Crippen LogP contribution is -2.12. The molecule has 5 nitrogen and oxygen atoms in total. The van der Waals surface area contributed by atoms with Gasteiger partial charge in [-0.25, -0.2) is 0 Å². The Kier molecular flexibility index (Phi) is 4.96. The van der Waals surface area contributed by atoms with Crippen molar-refractivity contribution >= 4 is 11.6 Å². The fourth-order valence-corrected chi connectivity index (χ4v) is 3.11. The maximum Gasteiger partial charge on any atom is 0.255 e.